The van der Waals surface area contributed by atoms with Gasteiger partial charge < -0.3 is 9.47 Å². The van der Waals surface area contributed by atoms with Gasteiger partial charge in [-0.2, -0.15) is 0 Å². The second-order valence-corrected chi connectivity index (χ2v) is 6.33. The number of esters is 2. The zero-order valence-corrected chi connectivity index (χ0v) is 14.1. The second kappa shape index (κ2) is 6.16. The van der Waals surface area contributed by atoms with Crippen LogP contribution in [-0.2, 0) is 19.1 Å². The predicted octanol–water partition coefficient (Wildman–Crippen LogP) is 4.02. The van der Waals surface area contributed by atoms with Crippen molar-refractivity contribution in [3.05, 3.63) is 65.0 Å². The van der Waals surface area contributed by atoms with Crippen LogP contribution in [-0.4, -0.2) is 17.7 Å². The molecule has 25 heavy (non-hydrogen) atoms. The Labute approximate surface area is 144 Å². The summed E-state index contributed by atoms with van der Waals surface area (Å²) in [4.78, 5) is 24.1. The van der Waals surface area contributed by atoms with E-state index in [9.17, 15) is 14.0 Å². The fourth-order valence-electron chi connectivity index (χ4n) is 2.58. The molecule has 0 N–H and O–H groups in total. The summed E-state index contributed by atoms with van der Waals surface area (Å²) >= 11 is 0. The van der Waals surface area contributed by atoms with Crippen LogP contribution in [0.15, 0.2) is 48.0 Å². The van der Waals surface area contributed by atoms with Gasteiger partial charge in [-0.25, -0.2) is 14.0 Å². The highest BCUT2D eigenvalue weighted by Gasteiger charge is 2.38. The van der Waals surface area contributed by atoms with Gasteiger partial charge in [-0.1, -0.05) is 24.3 Å². The Morgan fingerprint density at radius 3 is 2.24 bits per heavy atom. The highest BCUT2D eigenvalue weighted by Crippen LogP contribution is 2.26. The van der Waals surface area contributed by atoms with Crippen LogP contribution in [0.3, 0.4) is 0 Å². The molecule has 0 aromatic heterocycles. The number of rotatable bonds is 2. The molecule has 0 amide bonds. The minimum atomic E-state index is -1.26. The molecule has 0 spiro atoms. The Kier molecular flexibility index (Phi) is 4.17. The quantitative estimate of drug-likeness (QED) is 0.471. The minimum absolute atomic E-state index is 0.160. The van der Waals surface area contributed by atoms with Gasteiger partial charge >= 0.3 is 11.9 Å². The number of aryl methyl sites for hydroxylation is 1. The number of cyclic esters (lactones) is 2. The summed E-state index contributed by atoms with van der Waals surface area (Å²) in [5.74, 6) is -2.97. The fourth-order valence-corrected chi connectivity index (χ4v) is 2.58. The molecule has 1 heterocycles. The van der Waals surface area contributed by atoms with Crippen molar-refractivity contribution in [2.24, 2.45) is 0 Å². The number of carbonyl (C=O) groups excluding carboxylic acids is 2. The van der Waals surface area contributed by atoms with E-state index in [0.717, 1.165) is 11.1 Å². The van der Waals surface area contributed by atoms with E-state index < -0.39 is 17.7 Å². The maximum absolute atomic E-state index is 13.4. The summed E-state index contributed by atoms with van der Waals surface area (Å²) in [5, 5.41) is 0. The lowest BCUT2D eigenvalue weighted by molar-refractivity contribution is -0.222. The first kappa shape index (κ1) is 16.9. The first-order chi connectivity index (χ1) is 11.7. The van der Waals surface area contributed by atoms with Crippen LogP contribution in [0.1, 0.15) is 25.0 Å². The third-order valence-electron chi connectivity index (χ3n) is 3.81. The molecule has 128 valence electrons. The number of hydrogen-bond acceptors (Lipinski definition) is 4. The highest BCUT2D eigenvalue weighted by atomic mass is 19.1. The maximum Gasteiger partial charge on any atom is 0.348 e. The lowest BCUT2D eigenvalue weighted by Crippen LogP contribution is -2.41. The Hall–Kier alpha value is -2.95. The van der Waals surface area contributed by atoms with Crippen LogP contribution < -0.4 is 0 Å². The smallest absolute Gasteiger partial charge is 0.348 e. The van der Waals surface area contributed by atoms with E-state index in [1.54, 1.807) is 37.3 Å². The summed E-state index contributed by atoms with van der Waals surface area (Å²) < 4.78 is 23.6. The molecule has 0 unspecified atom stereocenters. The van der Waals surface area contributed by atoms with Gasteiger partial charge in [-0.15, -0.1) is 0 Å². The van der Waals surface area contributed by atoms with Crippen molar-refractivity contribution >= 4 is 18.0 Å². The van der Waals surface area contributed by atoms with Crippen molar-refractivity contribution in [1.29, 1.82) is 0 Å². The molecule has 1 fully saturated rings. The number of halogens is 1. The monoisotopic (exact) mass is 340 g/mol. The summed E-state index contributed by atoms with van der Waals surface area (Å²) in [7, 11) is 0. The van der Waals surface area contributed by atoms with Gasteiger partial charge in [0.05, 0.1) is 0 Å². The third-order valence-corrected chi connectivity index (χ3v) is 3.81. The fraction of sp³-hybridized carbons (Fsp3) is 0.200. The van der Waals surface area contributed by atoms with Crippen molar-refractivity contribution in [2.75, 3.05) is 0 Å². The first-order valence-corrected chi connectivity index (χ1v) is 7.80. The molecule has 0 atom stereocenters. The van der Waals surface area contributed by atoms with Gasteiger partial charge in [-0.3, -0.25) is 0 Å². The van der Waals surface area contributed by atoms with Gasteiger partial charge in [0.2, 0.25) is 0 Å². The Morgan fingerprint density at radius 1 is 0.960 bits per heavy atom. The molecule has 5 heteroatoms. The Balaban J connectivity index is 1.95. The molecule has 0 bridgehead atoms. The van der Waals surface area contributed by atoms with Crippen molar-refractivity contribution < 1.29 is 23.5 Å². The molecule has 1 aliphatic heterocycles. The Morgan fingerprint density at radius 2 is 1.60 bits per heavy atom. The number of benzene rings is 2. The van der Waals surface area contributed by atoms with Crippen LogP contribution >= 0.6 is 0 Å². The molecule has 0 radical (unpaired) electrons. The van der Waals surface area contributed by atoms with Gasteiger partial charge in [-0.05, 0) is 53.5 Å². The standard InChI is InChI=1S/C20H17FO4/c1-12-9-15(7-8-17(12)21)14-6-4-5-13(10-14)11-16-18(22)24-20(2,3)25-19(16)23/h4-11H,1-3H3. The summed E-state index contributed by atoms with van der Waals surface area (Å²) in [6.07, 6.45) is 1.43. The van der Waals surface area contributed by atoms with Crippen LogP contribution in [0.2, 0.25) is 0 Å². The molecule has 3 rings (SSSR count). The van der Waals surface area contributed by atoms with Crippen LogP contribution in [0.4, 0.5) is 4.39 Å². The average Bonchev–Trinajstić information content (AvgIpc) is 2.53. The van der Waals surface area contributed by atoms with Crippen LogP contribution in [0.5, 0.6) is 0 Å². The second-order valence-electron chi connectivity index (χ2n) is 6.33. The molecule has 1 saturated heterocycles. The van der Waals surface area contributed by atoms with E-state index in [-0.39, 0.29) is 11.4 Å². The van der Waals surface area contributed by atoms with E-state index in [1.165, 1.54) is 26.0 Å². The molecule has 0 saturated carbocycles. The molecule has 2 aromatic rings. The SMILES string of the molecule is Cc1cc(-c2cccc(C=C3C(=O)OC(C)(C)OC3=O)c2)ccc1F. The number of hydrogen-bond donors (Lipinski definition) is 0. The topological polar surface area (TPSA) is 52.6 Å². The van der Waals surface area contributed by atoms with Gasteiger partial charge in [0.1, 0.15) is 11.4 Å². The highest BCUT2D eigenvalue weighted by molar-refractivity contribution is 6.18. The van der Waals surface area contributed by atoms with Crippen LogP contribution in [0.25, 0.3) is 17.2 Å². The Bertz CT molecular complexity index is 874. The summed E-state index contributed by atoms with van der Waals surface area (Å²) in [5.41, 5.74) is 2.71. The lowest BCUT2D eigenvalue weighted by Gasteiger charge is -2.29. The van der Waals surface area contributed by atoms with Crippen molar-refractivity contribution in [3.63, 3.8) is 0 Å². The molecule has 2 aromatic carbocycles. The van der Waals surface area contributed by atoms with Crippen molar-refractivity contribution in [3.8, 4) is 11.1 Å². The third kappa shape index (κ3) is 3.60. The van der Waals surface area contributed by atoms with Crippen LogP contribution in [0, 0.1) is 12.7 Å². The van der Waals surface area contributed by atoms with E-state index in [2.05, 4.69) is 0 Å². The first-order valence-electron chi connectivity index (χ1n) is 7.80. The normalized spacial score (nSPS) is 16.2. The van der Waals surface area contributed by atoms with E-state index in [0.29, 0.717) is 11.1 Å². The maximum atomic E-state index is 13.4. The molecule has 1 aliphatic rings. The lowest BCUT2D eigenvalue weighted by atomic mass is 10.00. The average molecular weight is 340 g/mol. The summed E-state index contributed by atoms with van der Waals surface area (Å²) in [6, 6.07) is 12.1. The van der Waals surface area contributed by atoms with Crippen molar-refractivity contribution in [1.82, 2.24) is 0 Å². The number of ether oxygens (including phenoxy) is 2. The largest absolute Gasteiger partial charge is 0.419 e. The van der Waals surface area contributed by atoms with E-state index in [4.69, 9.17) is 9.47 Å². The molecular formula is C20H17FO4. The van der Waals surface area contributed by atoms with Crippen molar-refractivity contribution in [2.45, 2.75) is 26.6 Å². The molecule has 4 nitrogen and oxygen atoms in total. The molecule has 0 aliphatic carbocycles. The van der Waals surface area contributed by atoms with Gasteiger partial charge in [0.15, 0.2) is 0 Å². The van der Waals surface area contributed by atoms with E-state index in [1.807, 2.05) is 6.07 Å². The zero-order valence-electron chi connectivity index (χ0n) is 14.1. The summed E-state index contributed by atoms with van der Waals surface area (Å²) in [6.45, 7) is 4.69. The van der Waals surface area contributed by atoms with Gasteiger partial charge in [0.25, 0.3) is 5.79 Å². The minimum Gasteiger partial charge on any atom is -0.419 e. The molecular weight excluding hydrogens is 323 g/mol. The predicted molar refractivity (Wildman–Crippen MR) is 90.8 cm³/mol. The van der Waals surface area contributed by atoms with Gasteiger partial charge in [0, 0.05) is 13.8 Å². The van der Waals surface area contributed by atoms with E-state index >= 15 is 0 Å². The zero-order chi connectivity index (χ0) is 18.2. The number of carbonyl (C=O) groups is 2.